The van der Waals surface area contributed by atoms with Gasteiger partial charge in [0.15, 0.2) is 0 Å². The first-order valence-electron chi connectivity index (χ1n) is 6.36. The van der Waals surface area contributed by atoms with E-state index in [4.69, 9.17) is 15.9 Å². The van der Waals surface area contributed by atoms with Crippen LogP contribution < -0.4 is 10.6 Å². The summed E-state index contributed by atoms with van der Waals surface area (Å²) in [5.41, 5.74) is 6.62. The molecule has 0 saturated heterocycles. The number of para-hydroxylation sites is 1. The van der Waals surface area contributed by atoms with E-state index in [0.717, 1.165) is 32.5 Å². The van der Waals surface area contributed by atoms with Gasteiger partial charge in [-0.2, -0.15) is 0 Å². The zero-order chi connectivity index (χ0) is 13.2. The van der Waals surface area contributed by atoms with Crippen molar-refractivity contribution in [2.45, 2.75) is 19.3 Å². The SMILES string of the molecule is COCCCCN(CCC(=N)N)c1ccccc1. The summed E-state index contributed by atoms with van der Waals surface area (Å²) in [4.78, 5) is 2.27. The largest absolute Gasteiger partial charge is 0.388 e. The second kappa shape index (κ2) is 8.53. The maximum absolute atomic E-state index is 7.32. The van der Waals surface area contributed by atoms with Gasteiger partial charge in [0, 0.05) is 38.9 Å². The van der Waals surface area contributed by atoms with Crippen LogP contribution in [0.5, 0.6) is 0 Å². The first-order chi connectivity index (χ1) is 8.74. The van der Waals surface area contributed by atoms with E-state index >= 15 is 0 Å². The maximum Gasteiger partial charge on any atom is 0.0923 e. The lowest BCUT2D eigenvalue weighted by molar-refractivity contribution is 0.193. The molecule has 0 bridgehead atoms. The Kier molecular flexibility index (Phi) is 6.87. The zero-order valence-electron chi connectivity index (χ0n) is 11.1. The van der Waals surface area contributed by atoms with Crippen LogP contribution in [-0.2, 0) is 4.74 Å². The van der Waals surface area contributed by atoms with Gasteiger partial charge in [0.1, 0.15) is 0 Å². The summed E-state index contributed by atoms with van der Waals surface area (Å²) in [5.74, 6) is 0.243. The van der Waals surface area contributed by atoms with E-state index < -0.39 is 0 Å². The number of nitrogens with zero attached hydrogens (tertiary/aromatic N) is 1. The Morgan fingerprint density at radius 3 is 2.56 bits per heavy atom. The second-order valence-corrected chi connectivity index (χ2v) is 4.30. The number of benzene rings is 1. The third-order valence-corrected chi connectivity index (χ3v) is 2.80. The molecule has 0 radical (unpaired) electrons. The number of hydrogen-bond donors (Lipinski definition) is 2. The van der Waals surface area contributed by atoms with E-state index in [1.165, 1.54) is 5.69 Å². The van der Waals surface area contributed by atoms with Gasteiger partial charge in [-0.05, 0) is 25.0 Å². The average Bonchev–Trinajstić information content (AvgIpc) is 2.38. The molecule has 4 nitrogen and oxygen atoms in total. The van der Waals surface area contributed by atoms with Crippen LogP contribution in [0.4, 0.5) is 5.69 Å². The summed E-state index contributed by atoms with van der Waals surface area (Å²) < 4.78 is 5.05. The lowest BCUT2D eigenvalue weighted by Crippen LogP contribution is -2.29. The van der Waals surface area contributed by atoms with Gasteiger partial charge in [0.2, 0.25) is 0 Å². The molecule has 3 N–H and O–H groups in total. The van der Waals surface area contributed by atoms with Crippen molar-refractivity contribution in [2.75, 3.05) is 31.7 Å². The lowest BCUT2D eigenvalue weighted by atomic mass is 10.2. The molecule has 1 rings (SSSR count). The van der Waals surface area contributed by atoms with Crippen LogP contribution in [0.15, 0.2) is 30.3 Å². The number of amidine groups is 1. The van der Waals surface area contributed by atoms with Crippen LogP contribution in [-0.4, -0.2) is 32.6 Å². The number of anilines is 1. The van der Waals surface area contributed by atoms with Gasteiger partial charge in [0.05, 0.1) is 5.84 Å². The van der Waals surface area contributed by atoms with Crippen molar-refractivity contribution < 1.29 is 4.74 Å². The van der Waals surface area contributed by atoms with Crippen molar-refractivity contribution in [3.8, 4) is 0 Å². The predicted octanol–water partition coefficient (Wildman–Crippen LogP) is 2.25. The number of nitrogens with one attached hydrogen (secondary N) is 1. The molecule has 18 heavy (non-hydrogen) atoms. The van der Waals surface area contributed by atoms with E-state index in [1.807, 2.05) is 18.2 Å². The van der Waals surface area contributed by atoms with Crippen molar-refractivity contribution in [3.05, 3.63) is 30.3 Å². The molecule has 0 aliphatic carbocycles. The van der Waals surface area contributed by atoms with Crippen molar-refractivity contribution in [2.24, 2.45) is 5.73 Å². The standard InChI is InChI=1S/C14H23N3O/c1-18-12-6-5-10-17(11-9-14(15)16)13-7-3-2-4-8-13/h2-4,7-8H,5-6,9-12H2,1H3,(H3,15,16). The second-order valence-electron chi connectivity index (χ2n) is 4.30. The van der Waals surface area contributed by atoms with Gasteiger partial charge < -0.3 is 15.4 Å². The number of hydrogen-bond acceptors (Lipinski definition) is 3. The Balaban J connectivity index is 2.49. The van der Waals surface area contributed by atoms with Crippen LogP contribution in [0.25, 0.3) is 0 Å². The minimum atomic E-state index is 0.243. The van der Waals surface area contributed by atoms with E-state index in [2.05, 4.69) is 17.0 Å². The molecule has 0 heterocycles. The molecule has 0 saturated carbocycles. The molecule has 0 amide bonds. The fraction of sp³-hybridized carbons (Fsp3) is 0.500. The van der Waals surface area contributed by atoms with Crippen molar-refractivity contribution in [1.29, 1.82) is 5.41 Å². The molecule has 0 spiro atoms. The number of nitrogens with two attached hydrogens (primary N) is 1. The van der Waals surface area contributed by atoms with Gasteiger partial charge in [-0.15, -0.1) is 0 Å². The Bertz CT molecular complexity index is 340. The highest BCUT2D eigenvalue weighted by Gasteiger charge is 2.06. The highest BCUT2D eigenvalue weighted by atomic mass is 16.5. The summed E-state index contributed by atoms with van der Waals surface area (Å²) in [6.07, 6.45) is 2.75. The first-order valence-corrected chi connectivity index (χ1v) is 6.36. The molecule has 1 aromatic carbocycles. The Hall–Kier alpha value is -1.55. The topological polar surface area (TPSA) is 62.3 Å². The van der Waals surface area contributed by atoms with Crippen LogP contribution in [0.1, 0.15) is 19.3 Å². The van der Waals surface area contributed by atoms with Gasteiger partial charge in [0.25, 0.3) is 0 Å². The van der Waals surface area contributed by atoms with Crippen LogP contribution in [0.2, 0.25) is 0 Å². The van der Waals surface area contributed by atoms with Gasteiger partial charge in [-0.25, -0.2) is 0 Å². The van der Waals surface area contributed by atoms with E-state index in [-0.39, 0.29) is 5.84 Å². The van der Waals surface area contributed by atoms with Gasteiger partial charge in [-0.1, -0.05) is 18.2 Å². The molecular weight excluding hydrogens is 226 g/mol. The third kappa shape index (κ3) is 5.68. The molecule has 100 valence electrons. The molecule has 0 atom stereocenters. The van der Waals surface area contributed by atoms with E-state index in [9.17, 15) is 0 Å². The van der Waals surface area contributed by atoms with Crippen LogP contribution >= 0.6 is 0 Å². The first kappa shape index (κ1) is 14.5. The summed E-state index contributed by atoms with van der Waals surface area (Å²) in [6, 6.07) is 10.3. The van der Waals surface area contributed by atoms with E-state index in [0.29, 0.717) is 6.42 Å². The molecule has 0 unspecified atom stereocenters. The summed E-state index contributed by atoms with van der Waals surface area (Å²) in [5, 5.41) is 7.32. The van der Waals surface area contributed by atoms with Gasteiger partial charge in [-0.3, -0.25) is 5.41 Å². The minimum absolute atomic E-state index is 0.243. The molecule has 4 heteroatoms. The molecule has 0 fully saturated rings. The fourth-order valence-corrected chi connectivity index (χ4v) is 1.81. The Morgan fingerprint density at radius 1 is 1.22 bits per heavy atom. The van der Waals surface area contributed by atoms with Gasteiger partial charge >= 0.3 is 0 Å². The van der Waals surface area contributed by atoms with Crippen molar-refractivity contribution in [3.63, 3.8) is 0 Å². The Labute approximate surface area is 109 Å². The van der Waals surface area contributed by atoms with Crippen molar-refractivity contribution >= 4 is 11.5 Å². The Morgan fingerprint density at radius 2 is 1.94 bits per heavy atom. The number of rotatable bonds is 9. The molecule has 0 aliphatic heterocycles. The normalized spacial score (nSPS) is 10.3. The van der Waals surface area contributed by atoms with Crippen LogP contribution in [0, 0.1) is 5.41 Å². The molecular formula is C14H23N3O. The number of methoxy groups -OCH3 is 1. The third-order valence-electron chi connectivity index (χ3n) is 2.80. The fourth-order valence-electron chi connectivity index (χ4n) is 1.81. The number of ether oxygens (including phenoxy) is 1. The zero-order valence-corrected chi connectivity index (χ0v) is 11.1. The summed E-state index contributed by atoms with van der Waals surface area (Å²) in [6.45, 7) is 2.57. The van der Waals surface area contributed by atoms with Crippen molar-refractivity contribution in [1.82, 2.24) is 0 Å². The number of unbranched alkanes of at least 4 members (excludes halogenated alkanes) is 1. The molecule has 1 aromatic rings. The molecule has 0 aliphatic rings. The molecule has 0 aromatic heterocycles. The highest BCUT2D eigenvalue weighted by molar-refractivity contribution is 5.77. The van der Waals surface area contributed by atoms with E-state index in [1.54, 1.807) is 7.11 Å². The highest BCUT2D eigenvalue weighted by Crippen LogP contribution is 2.14. The van der Waals surface area contributed by atoms with Crippen LogP contribution in [0.3, 0.4) is 0 Å². The smallest absolute Gasteiger partial charge is 0.0923 e. The minimum Gasteiger partial charge on any atom is -0.388 e. The maximum atomic E-state index is 7.32. The lowest BCUT2D eigenvalue weighted by Gasteiger charge is -2.24. The monoisotopic (exact) mass is 249 g/mol. The predicted molar refractivity (Wildman–Crippen MR) is 76.3 cm³/mol. The quantitative estimate of drug-likeness (QED) is 0.401. The summed E-state index contributed by atoms with van der Waals surface area (Å²) in [7, 11) is 1.73. The average molecular weight is 249 g/mol. The summed E-state index contributed by atoms with van der Waals surface area (Å²) >= 11 is 0.